The van der Waals surface area contributed by atoms with Crippen LogP contribution < -0.4 is 9.46 Å². The van der Waals surface area contributed by atoms with Crippen molar-refractivity contribution in [2.24, 2.45) is 5.92 Å². The molecule has 4 nitrogen and oxygen atoms in total. The summed E-state index contributed by atoms with van der Waals surface area (Å²) in [5, 5.41) is 0.0543. The first-order valence-electron chi connectivity index (χ1n) is 7.49. The monoisotopic (exact) mass is 349 g/mol. The van der Waals surface area contributed by atoms with E-state index in [9.17, 15) is 12.8 Å². The molecule has 1 aromatic carbocycles. The molecule has 1 aliphatic carbocycles. The summed E-state index contributed by atoms with van der Waals surface area (Å²) in [6, 6.07) is 4.19. The molecule has 1 aliphatic rings. The zero-order valence-corrected chi connectivity index (χ0v) is 14.1. The first-order valence-corrected chi connectivity index (χ1v) is 9.52. The number of benzene rings is 1. The maximum atomic E-state index is 13.4. The highest BCUT2D eigenvalue weighted by molar-refractivity contribution is 7.89. The van der Waals surface area contributed by atoms with E-state index in [-0.39, 0.29) is 22.7 Å². The van der Waals surface area contributed by atoms with Crippen molar-refractivity contribution in [2.45, 2.75) is 38.6 Å². The molecule has 0 radical (unpaired) electrons. The van der Waals surface area contributed by atoms with E-state index in [4.69, 9.17) is 16.3 Å². The van der Waals surface area contributed by atoms with E-state index in [1.165, 1.54) is 12.1 Å². The summed E-state index contributed by atoms with van der Waals surface area (Å²) < 4.78 is 45.3. The lowest BCUT2D eigenvalue weighted by molar-refractivity contribution is 0.180. The van der Waals surface area contributed by atoms with Crippen LogP contribution in [0.15, 0.2) is 18.2 Å². The number of rotatable bonds is 6. The fourth-order valence-electron chi connectivity index (χ4n) is 2.65. The number of hydrogen-bond acceptors (Lipinski definition) is 3. The molecule has 0 amide bonds. The van der Waals surface area contributed by atoms with Crippen LogP contribution >= 0.6 is 11.6 Å². The minimum atomic E-state index is -3.23. The summed E-state index contributed by atoms with van der Waals surface area (Å²) >= 11 is 5.63. The van der Waals surface area contributed by atoms with Crippen LogP contribution in [0.3, 0.4) is 0 Å². The number of nitrogens with one attached hydrogen (secondary N) is 1. The standard InChI is InChI=1S/C15H21ClFNO3S/c1-2-22(19,20)18-15-6-4-3-5-11(15)10-21-12-7-8-13(16)14(17)9-12/h7-9,11,15,18H,2-6,10H2,1H3. The topological polar surface area (TPSA) is 55.4 Å². The Kier molecular flexibility index (Phi) is 6.06. The number of ether oxygens (including phenoxy) is 1. The lowest BCUT2D eigenvalue weighted by Gasteiger charge is -2.31. The van der Waals surface area contributed by atoms with Crippen LogP contribution in [0.4, 0.5) is 4.39 Å². The van der Waals surface area contributed by atoms with Crippen molar-refractivity contribution >= 4 is 21.6 Å². The quantitative estimate of drug-likeness (QED) is 0.856. The normalized spacial score (nSPS) is 22.5. The first kappa shape index (κ1) is 17.5. The fraction of sp³-hybridized carbons (Fsp3) is 0.600. The molecule has 2 unspecified atom stereocenters. The third kappa shape index (κ3) is 4.83. The van der Waals surface area contributed by atoms with Gasteiger partial charge in [0.15, 0.2) is 0 Å². The number of sulfonamides is 1. The molecule has 0 spiro atoms. The molecule has 2 atom stereocenters. The molecular weight excluding hydrogens is 329 g/mol. The molecule has 1 saturated carbocycles. The Hall–Kier alpha value is -0.850. The molecular formula is C15H21ClFNO3S. The molecule has 1 N–H and O–H groups in total. The maximum Gasteiger partial charge on any atom is 0.211 e. The minimum absolute atomic E-state index is 0.0543. The van der Waals surface area contributed by atoms with Gasteiger partial charge in [-0.2, -0.15) is 0 Å². The van der Waals surface area contributed by atoms with Gasteiger partial charge in [0.2, 0.25) is 10.0 Å². The van der Waals surface area contributed by atoms with E-state index in [0.717, 1.165) is 25.7 Å². The minimum Gasteiger partial charge on any atom is -0.493 e. The van der Waals surface area contributed by atoms with Crippen LogP contribution in [0.25, 0.3) is 0 Å². The van der Waals surface area contributed by atoms with Crippen LogP contribution in [-0.4, -0.2) is 26.8 Å². The highest BCUT2D eigenvalue weighted by Gasteiger charge is 2.28. The Labute approximate surface area is 136 Å². The summed E-state index contributed by atoms with van der Waals surface area (Å²) in [4.78, 5) is 0. The first-order chi connectivity index (χ1) is 10.4. The van der Waals surface area contributed by atoms with Gasteiger partial charge in [-0.05, 0) is 31.9 Å². The van der Waals surface area contributed by atoms with Crippen LogP contribution in [0, 0.1) is 11.7 Å². The second-order valence-corrected chi connectivity index (χ2v) is 8.01. The third-order valence-corrected chi connectivity index (χ3v) is 5.70. The van der Waals surface area contributed by atoms with Gasteiger partial charge in [-0.1, -0.05) is 24.4 Å². The van der Waals surface area contributed by atoms with Gasteiger partial charge in [0.25, 0.3) is 0 Å². The van der Waals surface area contributed by atoms with Crippen molar-refractivity contribution < 1.29 is 17.5 Å². The summed E-state index contributed by atoms with van der Waals surface area (Å²) in [6.45, 7) is 1.98. The van der Waals surface area contributed by atoms with Crippen LogP contribution in [0.2, 0.25) is 5.02 Å². The zero-order chi connectivity index (χ0) is 16.2. The van der Waals surface area contributed by atoms with Gasteiger partial charge < -0.3 is 4.74 Å². The second kappa shape index (κ2) is 7.62. The Bertz CT molecular complexity index is 609. The molecule has 0 bridgehead atoms. The Morgan fingerprint density at radius 3 is 2.77 bits per heavy atom. The summed E-state index contributed by atoms with van der Waals surface area (Å²) in [5.74, 6) is 0.0452. The van der Waals surface area contributed by atoms with Crippen molar-refractivity contribution in [3.05, 3.63) is 29.0 Å². The Balaban J connectivity index is 1.97. The van der Waals surface area contributed by atoms with Gasteiger partial charge in [0.05, 0.1) is 17.4 Å². The lowest BCUT2D eigenvalue weighted by Crippen LogP contribution is -2.44. The summed E-state index contributed by atoms with van der Waals surface area (Å²) in [5.41, 5.74) is 0. The van der Waals surface area contributed by atoms with Gasteiger partial charge in [-0.3, -0.25) is 0 Å². The predicted octanol–water partition coefficient (Wildman–Crippen LogP) is 3.36. The van der Waals surface area contributed by atoms with Gasteiger partial charge in [0.1, 0.15) is 11.6 Å². The van der Waals surface area contributed by atoms with Crippen molar-refractivity contribution in [1.82, 2.24) is 4.72 Å². The third-order valence-electron chi connectivity index (χ3n) is 3.98. The highest BCUT2D eigenvalue weighted by atomic mass is 35.5. The van der Waals surface area contributed by atoms with Gasteiger partial charge in [-0.25, -0.2) is 17.5 Å². The molecule has 22 heavy (non-hydrogen) atoms. The summed E-state index contributed by atoms with van der Waals surface area (Å²) in [7, 11) is -3.23. The Morgan fingerprint density at radius 2 is 2.09 bits per heavy atom. The van der Waals surface area contributed by atoms with Crippen molar-refractivity contribution in [1.29, 1.82) is 0 Å². The zero-order valence-electron chi connectivity index (χ0n) is 12.5. The maximum absolute atomic E-state index is 13.4. The van der Waals surface area contributed by atoms with E-state index in [0.29, 0.717) is 12.4 Å². The number of halogens is 2. The van der Waals surface area contributed by atoms with E-state index >= 15 is 0 Å². The lowest BCUT2D eigenvalue weighted by atomic mass is 9.86. The largest absolute Gasteiger partial charge is 0.493 e. The molecule has 0 saturated heterocycles. The van der Waals surface area contributed by atoms with Crippen molar-refractivity contribution in [3.8, 4) is 5.75 Å². The molecule has 0 aromatic heterocycles. The Morgan fingerprint density at radius 1 is 1.36 bits per heavy atom. The van der Waals surface area contributed by atoms with E-state index in [1.54, 1.807) is 13.0 Å². The van der Waals surface area contributed by atoms with E-state index in [1.807, 2.05) is 0 Å². The molecule has 0 heterocycles. The van der Waals surface area contributed by atoms with Gasteiger partial charge in [0, 0.05) is 18.0 Å². The number of hydrogen-bond donors (Lipinski definition) is 1. The smallest absolute Gasteiger partial charge is 0.211 e. The fourth-order valence-corrected chi connectivity index (χ4v) is 3.70. The van der Waals surface area contributed by atoms with Crippen LogP contribution in [-0.2, 0) is 10.0 Å². The predicted molar refractivity (Wildman–Crippen MR) is 85.2 cm³/mol. The molecule has 7 heteroatoms. The molecule has 124 valence electrons. The molecule has 1 aromatic rings. The van der Waals surface area contributed by atoms with Gasteiger partial charge in [-0.15, -0.1) is 0 Å². The SMILES string of the molecule is CCS(=O)(=O)NC1CCCCC1COc1ccc(Cl)c(F)c1. The highest BCUT2D eigenvalue weighted by Crippen LogP contribution is 2.27. The van der Waals surface area contributed by atoms with Gasteiger partial charge >= 0.3 is 0 Å². The average molecular weight is 350 g/mol. The molecule has 0 aliphatic heterocycles. The average Bonchev–Trinajstić information content (AvgIpc) is 2.49. The van der Waals surface area contributed by atoms with Crippen molar-refractivity contribution in [3.63, 3.8) is 0 Å². The van der Waals surface area contributed by atoms with Crippen molar-refractivity contribution in [2.75, 3.05) is 12.4 Å². The summed E-state index contributed by atoms with van der Waals surface area (Å²) in [6.07, 6.45) is 3.76. The van der Waals surface area contributed by atoms with E-state index in [2.05, 4.69) is 4.72 Å². The molecule has 1 fully saturated rings. The van der Waals surface area contributed by atoms with Crippen LogP contribution in [0.5, 0.6) is 5.75 Å². The molecule has 2 rings (SSSR count). The van der Waals surface area contributed by atoms with Crippen LogP contribution in [0.1, 0.15) is 32.6 Å². The second-order valence-electron chi connectivity index (χ2n) is 5.56. The van der Waals surface area contributed by atoms with E-state index < -0.39 is 15.8 Å².